The lowest BCUT2D eigenvalue weighted by Crippen LogP contribution is -2.41. The Kier molecular flexibility index (Phi) is 6.17. The number of nitrogens with zero attached hydrogens (tertiary/aromatic N) is 3. The van der Waals surface area contributed by atoms with Crippen LogP contribution in [0.15, 0.2) is 23.0 Å². The second-order valence-electron chi connectivity index (χ2n) is 8.37. The van der Waals surface area contributed by atoms with Crippen LogP contribution in [0.25, 0.3) is 0 Å². The molecule has 0 radical (unpaired) electrons. The van der Waals surface area contributed by atoms with Gasteiger partial charge in [-0.25, -0.2) is 14.3 Å². The molecular weight excluding hydrogens is 443 g/mol. The van der Waals surface area contributed by atoms with Crippen molar-refractivity contribution >= 4 is 17.6 Å². The second-order valence-corrected chi connectivity index (χ2v) is 8.37. The number of fused-ring (bicyclic) bond motifs is 1. The molecule has 1 saturated carbocycles. The van der Waals surface area contributed by atoms with Crippen molar-refractivity contribution in [2.24, 2.45) is 0 Å². The maximum absolute atomic E-state index is 13.0. The third-order valence-corrected chi connectivity index (χ3v) is 6.06. The highest BCUT2D eigenvalue weighted by molar-refractivity contribution is 5.97. The Bertz CT molecular complexity index is 1100. The number of piperidine rings is 1. The lowest BCUT2D eigenvalue weighted by Gasteiger charge is -2.32. The van der Waals surface area contributed by atoms with Crippen molar-refractivity contribution in [3.05, 3.63) is 45.6 Å². The van der Waals surface area contributed by atoms with Gasteiger partial charge in [-0.1, -0.05) is 6.07 Å². The SMILES string of the molecule is O=C(O)C(F)(F)F.O=C(c1cccc2c1CCN2)N1CCC(n2nc(C3CC3)[nH]c2=O)CC1. The molecule has 1 aliphatic carbocycles. The van der Waals surface area contributed by atoms with Crippen molar-refractivity contribution in [2.75, 3.05) is 25.0 Å². The first-order valence-electron chi connectivity index (χ1n) is 10.8. The van der Waals surface area contributed by atoms with Gasteiger partial charge in [-0.3, -0.25) is 9.78 Å². The molecule has 3 heterocycles. The van der Waals surface area contributed by atoms with Crippen molar-refractivity contribution in [1.29, 1.82) is 0 Å². The minimum Gasteiger partial charge on any atom is -0.475 e. The van der Waals surface area contributed by atoms with Gasteiger partial charge < -0.3 is 15.3 Å². The highest BCUT2D eigenvalue weighted by Gasteiger charge is 2.38. The summed E-state index contributed by atoms with van der Waals surface area (Å²) in [6.07, 6.45) is -0.394. The van der Waals surface area contributed by atoms with E-state index in [9.17, 15) is 22.8 Å². The molecule has 178 valence electrons. The van der Waals surface area contributed by atoms with Gasteiger partial charge in [0.25, 0.3) is 5.91 Å². The number of halogens is 3. The van der Waals surface area contributed by atoms with Gasteiger partial charge in [-0.2, -0.15) is 18.3 Å². The molecule has 0 atom stereocenters. The van der Waals surface area contributed by atoms with Crippen LogP contribution >= 0.6 is 0 Å². The molecule has 0 spiro atoms. The number of likely N-dealkylation sites (tertiary alicyclic amines) is 1. The molecule has 2 fully saturated rings. The molecule has 1 aromatic carbocycles. The number of nitrogens with one attached hydrogen (secondary N) is 2. The average molecular weight is 467 g/mol. The Morgan fingerprint density at radius 2 is 1.79 bits per heavy atom. The number of aliphatic carboxylic acids is 1. The molecule has 2 aliphatic heterocycles. The summed E-state index contributed by atoms with van der Waals surface area (Å²) in [6.45, 7) is 2.23. The zero-order valence-corrected chi connectivity index (χ0v) is 17.7. The van der Waals surface area contributed by atoms with Crippen LogP contribution in [0.2, 0.25) is 0 Å². The molecule has 0 bridgehead atoms. The summed E-state index contributed by atoms with van der Waals surface area (Å²) >= 11 is 0. The Balaban J connectivity index is 0.000000325. The van der Waals surface area contributed by atoms with Crippen LogP contribution < -0.4 is 11.0 Å². The summed E-state index contributed by atoms with van der Waals surface area (Å²) in [7, 11) is 0. The molecule has 12 heteroatoms. The van der Waals surface area contributed by atoms with E-state index in [4.69, 9.17) is 9.90 Å². The number of rotatable bonds is 3. The van der Waals surface area contributed by atoms with Crippen molar-refractivity contribution in [3.8, 4) is 0 Å². The average Bonchev–Trinajstić information content (AvgIpc) is 3.39. The van der Waals surface area contributed by atoms with Crippen molar-refractivity contribution < 1.29 is 27.9 Å². The number of anilines is 1. The molecule has 33 heavy (non-hydrogen) atoms. The van der Waals surface area contributed by atoms with Crippen molar-refractivity contribution in [2.45, 2.75) is 50.2 Å². The van der Waals surface area contributed by atoms with Crippen LogP contribution in [0.4, 0.5) is 18.9 Å². The molecule has 3 N–H and O–H groups in total. The smallest absolute Gasteiger partial charge is 0.475 e. The molecule has 9 nitrogen and oxygen atoms in total. The van der Waals surface area contributed by atoms with Crippen LogP contribution in [-0.4, -0.2) is 62.5 Å². The maximum atomic E-state index is 13.0. The molecule has 0 unspecified atom stereocenters. The molecule has 1 saturated heterocycles. The van der Waals surface area contributed by atoms with E-state index < -0.39 is 12.1 Å². The van der Waals surface area contributed by atoms with Gasteiger partial charge in [-0.15, -0.1) is 0 Å². The van der Waals surface area contributed by atoms with Gasteiger partial charge >= 0.3 is 17.8 Å². The van der Waals surface area contributed by atoms with Gasteiger partial charge in [-0.05, 0) is 49.8 Å². The fraction of sp³-hybridized carbons (Fsp3) is 0.524. The first-order chi connectivity index (χ1) is 15.6. The Morgan fingerprint density at radius 1 is 1.12 bits per heavy atom. The predicted molar refractivity (Wildman–Crippen MR) is 111 cm³/mol. The third-order valence-electron chi connectivity index (χ3n) is 6.06. The van der Waals surface area contributed by atoms with Crippen LogP contribution in [-0.2, 0) is 11.2 Å². The molecule has 3 aliphatic rings. The van der Waals surface area contributed by atoms with Crippen molar-refractivity contribution in [3.63, 3.8) is 0 Å². The summed E-state index contributed by atoms with van der Waals surface area (Å²) < 4.78 is 33.3. The topological polar surface area (TPSA) is 120 Å². The fourth-order valence-corrected chi connectivity index (χ4v) is 4.17. The number of hydrogen-bond acceptors (Lipinski definition) is 5. The minimum atomic E-state index is -5.08. The van der Waals surface area contributed by atoms with Crippen LogP contribution in [0, 0.1) is 0 Å². The lowest BCUT2D eigenvalue weighted by molar-refractivity contribution is -0.192. The van der Waals surface area contributed by atoms with Gasteiger partial charge in [0, 0.05) is 36.8 Å². The van der Waals surface area contributed by atoms with Gasteiger partial charge in [0.1, 0.15) is 5.82 Å². The minimum absolute atomic E-state index is 0.0819. The maximum Gasteiger partial charge on any atom is 0.490 e. The number of amides is 1. The number of benzene rings is 1. The summed E-state index contributed by atoms with van der Waals surface area (Å²) in [6, 6.07) is 5.99. The zero-order valence-electron chi connectivity index (χ0n) is 17.7. The molecule has 1 aromatic heterocycles. The second kappa shape index (κ2) is 8.91. The van der Waals surface area contributed by atoms with Crippen molar-refractivity contribution in [1.82, 2.24) is 19.7 Å². The van der Waals surface area contributed by atoms with Crippen LogP contribution in [0.5, 0.6) is 0 Å². The van der Waals surface area contributed by atoms with E-state index in [1.807, 2.05) is 23.1 Å². The van der Waals surface area contributed by atoms with Gasteiger partial charge in [0.15, 0.2) is 0 Å². The standard InChI is InChI=1S/C19H23N5O2.C2HF3O2/c25-18(15-2-1-3-16-14(15)6-9-20-16)23-10-7-13(8-11-23)24-19(26)21-17(22-24)12-4-5-12;3-2(4,5)1(6)7/h1-3,12-13,20H,4-11H2,(H,21,22,26);(H,6,7). The summed E-state index contributed by atoms with van der Waals surface area (Å²) in [5, 5.41) is 15.0. The van der Waals surface area contributed by atoms with E-state index in [1.165, 1.54) is 0 Å². The highest BCUT2D eigenvalue weighted by Crippen LogP contribution is 2.37. The summed E-state index contributed by atoms with van der Waals surface area (Å²) in [4.78, 5) is 38.9. The van der Waals surface area contributed by atoms with E-state index in [0.717, 1.165) is 61.3 Å². The number of carbonyl (C=O) groups excluding carboxylic acids is 1. The van der Waals surface area contributed by atoms with E-state index >= 15 is 0 Å². The molecule has 5 rings (SSSR count). The highest BCUT2D eigenvalue weighted by atomic mass is 19.4. The number of carboxylic acids is 1. The number of aromatic nitrogens is 3. The predicted octanol–water partition coefficient (Wildman–Crippen LogP) is 2.53. The van der Waals surface area contributed by atoms with Gasteiger partial charge in [0.05, 0.1) is 6.04 Å². The monoisotopic (exact) mass is 467 g/mol. The summed E-state index contributed by atoms with van der Waals surface area (Å²) in [5.41, 5.74) is 2.93. The molecule has 2 aromatic rings. The van der Waals surface area contributed by atoms with E-state index in [1.54, 1.807) is 4.68 Å². The number of hydrogen-bond donors (Lipinski definition) is 3. The van der Waals surface area contributed by atoms with Crippen LogP contribution in [0.3, 0.4) is 0 Å². The normalized spacial score (nSPS) is 18.2. The quantitative estimate of drug-likeness (QED) is 0.638. The lowest BCUT2D eigenvalue weighted by atomic mass is 10.0. The number of alkyl halides is 3. The molecule has 1 amide bonds. The third kappa shape index (κ3) is 5.04. The number of H-pyrrole nitrogens is 1. The van der Waals surface area contributed by atoms with Gasteiger partial charge in [0.2, 0.25) is 0 Å². The first-order valence-corrected chi connectivity index (χ1v) is 10.8. The Labute approximate surface area is 186 Å². The molecular formula is C21H24F3N5O4. The Morgan fingerprint density at radius 3 is 2.39 bits per heavy atom. The summed E-state index contributed by atoms with van der Waals surface area (Å²) in [5.74, 6) is -1.37. The number of aromatic amines is 1. The van der Waals surface area contributed by atoms with Crippen LogP contribution in [0.1, 0.15) is 59.4 Å². The first kappa shape index (κ1) is 22.9. The van der Waals surface area contributed by atoms with E-state index in [2.05, 4.69) is 15.4 Å². The number of carboxylic acid groups (broad SMARTS) is 1. The van der Waals surface area contributed by atoms with E-state index in [-0.39, 0.29) is 17.6 Å². The van der Waals surface area contributed by atoms with E-state index in [0.29, 0.717) is 19.0 Å². The zero-order chi connectivity index (χ0) is 23.8. The largest absolute Gasteiger partial charge is 0.490 e. The Hall–Kier alpha value is -3.31. The fourth-order valence-electron chi connectivity index (χ4n) is 4.17. The number of carbonyl (C=O) groups is 2.